The van der Waals surface area contributed by atoms with Crippen LogP contribution in [0.5, 0.6) is 0 Å². The van der Waals surface area contributed by atoms with E-state index in [1.165, 1.54) is 0 Å². The van der Waals surface area contributed by atoms with Crippen LogP contribution >= 0.6 is 0 Å². The molecule has 6 heteroatoms. The molecule has 132 valence electrons. The second-order valence-electron chi connectivity index (χ2n) is 6.94. The molecule has 0 spiro atoms. The lowest BCUT2D eigenvalue weighted by molar-refractivity contribution is -0.134. The van der Waals surface area contributed by atoms with Gasteiger partial charge < -0.3 is 9.80 Å². The summed E-state index contributed by atoms with van der Waals surface area (Å²) < 4.78 is 0. The van der Waals surface area contributed by atoms with E-state index in [4.69, 9.17) is 4.98 Å². The monoisotopic (exact) mass is 331 g/mol. The van der Waals surface area contributed by atoms with E-state index in [9.17, 15) is 4.79 Å². The number of aryl methyl sites for hydroxylation is 2. The van der Waals surface area contributed by atoms with Crippen molar-refractivity contribution in [1.29, 1.82) is 0 Å². The number of anilines is 1. The van der Waals surface area contributed by atoms with Crippen LogP contribution in [-0.4, -0.2) is 52.2 Å². The molecule has 0 saturated carbocycles. The van der Waals surface area contributed by atoms with E-state index in [1.54, 1.807) is 0 Å². The molecule has 24 heavy (non-hydrogen) atoms. The first-order chi connectivity index (χ1) is 11.7. The molecule has 0 aromatic carbocycles. The highest BCUT2D eigenvalue weighted by molar-refractivity contribution is 5.76. The maximum Gasteiger partial charge on any atom is 0.245 e. The average molecular weight is 331 g/mol. The molecule has 0 bridgehead atoms. The van der Waals surface area contributed by atoms with Crippen LogP contribution in [-0.2, 0) is 17.6 Å². The van der Waals surface area contributed by atoms with Gasteiger partial charge in [0.15, 0.2) is 0 Å². The van der Waals surface area contributed by atoms with E-state index in [1.807, 2.05) is 0 Å². The van der Waals surface area contributed by atoms with E-state index in [2.05, 4.69) is 33.8 Å². The number of hydrogen-bond donors (Lipinski definition) is 0. The zero-order chi connectivity index (χ0) is 16.9. The minimum absolute atomic E-state index is 0.346. The summed E-state index contributed by atoms with van der Waals surface area (Å²) in [7, 11) is 0. The number of carbonyl (C=O) groups is 1. The molecule has 6 nitrogen and oxygen atoms in total. The van der Waals surface area contributed by atoms with E-state index in [-0.39, 0.29) is 0 Å². The summed E-state index contributed by atoms with van der Waals surface area (Å²) in [6, 6.07) is 0. The van der Waals surface area contributed by atoms with Gasteiger partial charge in [-0.15, -0.1) is 5.10 Å². The zero-order valence-electron chi connectivity index (χ0n) is 15.0. The van der Waals surface area contributed by atoms with Crippen molar-refractivity contribution in [3.63, 3.8) is 0 Å². The minimum atomic E-state index is 0.346. The summed E-state index contributed by atoms with van der Waals surface area (Å²) in [5.41, 5.74) is 2.09. The fourth-order valence-corrected chi connectivity index (χ4v) is 3.74. The van der Waals surface area contributed by atoms with Gasteiger partial charge >= 0.3 is 0 Å². The molecule has 3 heterocycles. The molecular formula is C18H29N5O. The normalized spacial score (nSPS) is 19.8. The molecule has 1 amide bonds. The number of hydrogen-bond acceptors (Lipinski definition) is 5. The summed E-state index contributed by atoms with van der Waals surface area (Å²) in [6.45, 7) is 8.02. The third kappa shape index (κ3) is 3.84. The summed E-state index contributed by atoms with van der Waals surface area (Å²) in [5.74, 6) is 1.73. The summed E-state index contributed by atoms with van der Waals surface area (Å²) in [6.07, 6.45) is 6.95. The second kappa shape index (κ2) is 7.90. The standard InChI is InChI=1S/C18H29N5O/c1-3-15-16(4-2)20-21-18(19-15)22-11-8-14(9-12-22)13-23-10-6-5-7-17(23)24/h14H,3-13H2,1-2H3. The van der Waals surface area contributed by atoms with Crippen molar-refractivity contribution in [1.82, 2.24) is 20.1 Å². The van der Waals surface area contributed by atoms with Crippen molar-refractivity contribution in [2.24, 2.45) is 5.92 Å². The Kier molecular flexibility index (Phi) is 5.63. The van der Waals surface area contributed by atoms with Gasteiger partial charge in [-0.2, -0.15) is 5.10 Å². The Morgan fingerprint density at radius 1 is 1.00 bits per heavy atom. The predicted octanol–water partition coefficient (Wildman–Crippen LogP) is 2.23. The first-order valence-corrected chi connectivity index (χ1v) is 9.46. The third-order valence-electron chi connectivity index (χ3n) is 5.30. The Bertz CT molecular complexity index is 569. The molecule has 0 aliphatic carbocycles. The van der Waals surface area contributed by atoms with E-state index in [0.717, 1.165) is 88.5 Å². The van der Waals surface area contributed by atoms with Crippen LogP contribution in [0.15, 0.2) is 0 Å². The lowest BCUT2D eigenvalue weighted by Gasteiger charge is -2.36. The third-order valence-corrected chi connectivity index (χ3v) is 5.30. The quantitative estimate of drug-likeness (QED) is 0.828. The van der Waals surface area contributed by atoms with Crippen LogP contribution in [0.4, 0.5) is 5.95 Å². The lowest BCUT2D eigenvalue weighted by atomic mass is 9.95. The van der Waals surface area contributed by atoms with Gasteiger partial charge in [0.2, 0.25) is 11.9 Å². The fraction of sp³-hybridized carbons (Fsp3) is 0.778. The number of aromatic nitrogens is 3. The highest BCUT2D eigenvalue weighted by atomic mass is 16.2. The smallest absolute Gasteiger partial charge is 0.245 e. The molecule has 3 rings (SSSR count). The number of likely N-dealkylation sites (tertiary alicyclic amines) is 1. The largest absolute Gasteiger partial charge is 0.342 e. The van der Waals surface area contributed by atoms with Gasteiger partial charge in [0.1, 0.15) is 0 Å². The number of amides is 1. The molecule has 0 N–H and O–H groups in total. The number of carbonyl (C=O) groups excluding carboxylic acids is 1. The topological polar surface area (TPSA) is 62.2 Å². The fourth-order valence-electron chi connectivity index (χ4n) is 3.74. The predicted molar refractivity (Wildman–Crippen MR) is 94.0 cm³/mol. The lowest BCUT2D eigenvalue weighted by Crippen LogP contribution is -2.43. The molecule has 0 unspecified atom stereocenters. The Morgan fingerprint density at radius 3 is 2.42 bits per heavy atom. The second-order valence-corrected chi connectivity index (χ2v) is 6.94. The Labute approximate surface area is 144 Å². The molecular weight excluding hydrogens is 302 g/mol. The van der Waals surface area contributed by atoms with Gasteiger partial charge in [-0.25, -0.2) is 4.98 Å². The van der Waals surface area contributed by atoms with E-state index in [0.29, 0.717) is 11.8 Å². The summed E-state index contributed by atoms with van der Waals surface area (Å²) >= 11 is 0. The van der Waals surface area contributed by atoms with E-state index >= 15 is 0 Å². The summed E-state index contributed by atoms with van der Waals surface area (Å²) in [5, 5.41) is 8.69. The van der Waals surface area contributed by atoms with E-state index < -0.39 is 0 Å². The Morgan fingerprint density at radius 2 is 1.75 bits per heavy atom. The van der Waals surface area contributed by atoms with Gasteiger partial charge in [0.25, 0.3) is 0 Å². The average Bonchev–Trinajstić information content (AvgIpc) is 2.63. The van der Waals surface area contributed by atoms with Crippen LogP contribution < -0.4 is 4.90 Å². The molecule has 0 radical (unpaired) electrons. The SMILES string of the molecule is CCc1nnc(N2CCC(CN3CCCCC3=O)CC2)nc1CC. The summed E-state index contributed by atoms with van der Waals surface area (Å²) in [4.78, 5) is 21.0. The van der Waals surface area contributed by atoms with Crippen LogP contribution in [0.25, 0.3) is 0 Å². The number of piperidine rings is 2. The zero-order valence-corrected chi connectivity index (χ0v) is 15.0. The molecule has 2 saturated heterocycles. The van der Waals surface area contributed by atoms with Crippen molar-refractivity contribution in [3.05, 3.63) is 11.4 Å². The van der Waals surface area contributed by atoms with Crippen LogP contribution in [0.3, 0.4) is 0 Å². The maximum absolute atomic E-state index is 12.0. The minimum Gasteiger partial charge on any atom is -0.342 e. The number of rotatable bonds is 5. The molecule has 2 aliphatic heterocycles. The molecule has 1 aromatic heterocycles. The maximum atomic E-state index is 12.0. The molecule has 0 atom stereocenters. The number of nitrogens with zero attached hydrogens (tertiary/aromatic N) is 5. The highest BCUT2D eigenvalue weighted by Gasteiger charge is 2.26. The molecule has 2 fully saturated rings. The van der Waals surface area contributed by atoms with Gasteiger partial charge in [0.05, 0.1) is 11.4 Å². The molecule has 2 aliphatic rings. The molecule has 1 aromatic rings. The van der Waals surface area contributed by atoms with Crippen molar-refractivity contribution >= 4 is 11.9 Å². The van der Waals surface area contributed by atoms with Gasteiger partial charge in [0, 0.05) is 32.6 Å². The Hall–Kier alpha value is -1.72. The van der Waals surface area contributed by atoms with Crippen LogP contribution in [0.1, 0.15) is 57.3 Å². The van der Waals surface area contributed by atoms with Crippen molar-refractivity contribution in [3.8, 4) is 0 Å². The van der Waals surface area contributed by atoms with Gasteiger partial charge in [-0.3, -0.25) is 4.79 Å². The van der Waals surface area contributed by atoms with Crippen molar-refractivity contribution in [2.45, 2.75) is 58.8 Å². The van der Waals surface area contributed by atoms with Crippen molar-refractivity contribution in [2.75, 3.05) is 31.1 Å². The van der Waals surface area contributed by atoms with Crippen molar-refractivity contribution < 1.29 is 4.79 Å². The first-order valence-electron chi connectivity index (χ1n) is 9.46. The van der Waals surface area contributed by atoms with Crippen LogP contribution in [0.2, 0.25) is 0 Å². The first kappa shape index (κ1) is 17.1. The Balaban J connectivity index is 1.56. The van der Waals surface area contributed by atoms with Gasteiger partial charge in [-0.05, 0) is 44.4 Å². The van der Waals surface area contributed by atoms with Crippen LogP contribution in [0, 0.1) is 5.92 Å². The highest BCUT2D eigenvalue weighted by Crippen LogP contribution is 2.23. The van der Waals surface area contributed by atoms with Gasteiger partial charge in [-0.1, -0.05) is 13.8 Å².